The molecular formula is C10H5Cl4NO. The largest absolute Gasteiger partial charge is 0.360 e. The molecule has 16 heavy (non-hydrogen) atoms. The van der Waals surface area contributed by atoms with E-state index in [1.54, 1.807) is 18.2 Å². The standard InChI is InChI=1S/C10H5Cl4NO/c11-6-2-1-3-7-8(6)5(4-15-7)9(16)10(12,13)14/h1-4,15H. The van der Waals surface area contributed by atoms with Gasteiger partial charge in [0.2, 0.25) is 5.78 Å². The van der Waals surface area contributed by atoms with Gasteiger partial charge in [-0.15, -0.1) is 0 Å². The van der Waals surface area contributed by atoms with Crippen LogP contribution in [-0.4, -0.2) is 14.6 Å². The maximum Gasteiger partial charge on any atom is 0.253 e. The molecule has 0 aliphatic rings. The maximum atomic E-state index is 11.8. The molecule has 0 aliphatic heterocycles. The van der Waals surface area contributed by atoms with Crippen molar-refractivity contribution in [2.24, 2.45) is 0 Å². The predicted octanol–water partition coefficient (Wildman–Crippen LogP) is 4.37. The number of aromatic nitrogens is 1. The fraction of sp³-hybridized carbons (Fsp3) is 0.100. The second-order valence-electron chi connectivity index (χ2n) is 3.19. The Morgan fingerprint density at radius 3 is 2.56 bits per heavy atom. The average Bonchev–Trinajstić information content (AvgIpc) is 2.60. The van der Waals surface area contributed by atoms with E-state index < -0.39 is 9.58 Å². The molecule has 0 bridgehead atoms. The van der Waals surface area contributed by atoms with Crippen molar-refractivity contribution in [1.82, 2.24) is 4.98 Å². The molecule has 6 heteroatoms. The molecule has 1 heterocycles. The Bertz CT molecular complexity index is 555. The van der Waals surface area contributed by atoms with Gasteiger partial charge in [-0.25, -0.2) is 0 Å². The summed E-state index contributed by atoms with van der Waals surface area (Å²) in [5.41, 5.74) is 1.01. The molecule has 84 valence electrons. The van der Waals surface area contributed by atoms with Crippen LogP contribution < -0.4 is 0 Å². The second kappa shape index (κ2) is 4.11. The van der Waals surface area contributed by atoms with E-state index in [9.17, 15) is 4.79 Å². The Balaban J connectivity index is 2.67. The van der Waals surface area contributed by atoms with Gasteiger partial charge in [0.1, 0.15) is 0 Å². The number of carbonyl (C=O) groups is 1. The number of ketones is 1. The Labute approximate surface area is 111 Å². The molecule has 1 aromatic carbocycles. The van der Waals surface area contributed by atoms with Crippen LogP contribution in [0.5, 0.6) is 0 Å². The molecule has 2 aromatic rings. The lowest BCUT2D eigenvalue weighted by Gasteiger charge is -2.08. The van der Waals surface area contributed by atoms with Gasteiger partial charge < -0.3 is 4.98 Å². The first-order chi connectivity index (χ1) is 7.41. The van der Waals surface area contributed by atoms with Gasteiger partial charge in [0.25, 0.3) is 3.79 Å². The van der Waals surface area contributed by atoms with E-state index in [2.05, 4.69) is 4.98 Å². The summed E-state index contributed by atoms with van der Waals surface area (Å²) < 4.78 is -1.98. The van der Waals surface area contributed by atoms with Gasteiger partial charge in [-0.3, -0.25) is 4.79 Å². The quantitative estimate of drug-likeness (QED) is 0.615. The van der Waals surface area contributed by atoms with E-state index in [1.165, 1.54) is 6.20 Å². The van der Waals surface area contributed by atoms with Crippen LogP contribution in [0.1, 0.15) is 10.4 Å². The Morgan fingerprint density at radius 1 is 1.25 bits per heavy atom. The first-order valence-corrected chi connectivity index (χ1v) is 5.79. The first-order valence-electron chi connectivity index (χ1n) is 4.28. The molecule has 1 N–H and O–H groups in total. The monoisotopic (exact) mass is 295 g/mol. The van der Waals surface area contributed by atoms with Crippen molar-refractivity contribution in [3.63, 3.8) is 0 Å². The predicted molar refractivity (Wildman–Crippen MR) is 67.9 cm³/mol. The van der Waals surface area contributed by atoms with Crippen LogP contribution in [0.15, 0.2) is 24.4 Å². The zero-order valence-electron chi connectivity index (χ0n) is 7.73. The topological polar surface area (TPSA) is 32.9 Å². The van der Waals surface area contributed by atoms with E-state index in [4.69, 9.17) is 46.4 Å². The minimum atomic E-state index is -1.98. The second-order valence-corrected chi connectivity index (χ2v) is 5.88. The molecule has 2 rings (SSSR count). The number of alkyl halides is 3. The molecule has 0 fully saturated rings. The number of Topliss-reactive ketones (excluding diaryl/α,β-unsaturated/α-hetero) is 1. The summed E-state index contributed by atoms with van der Waals surface area (Å²) >= 11 is 22.7. The Morgan fingerprint density at radius 2 is 1.94 bits per heavy atom. The smallest absolute Gasteiger partial charge is 0.253 e. The molecule has 0 aliphatic carbocycles. The average molecular weight is 297 g/mol. The van der Waals surface area contributed by atoms with E-state index in [-0.39, 0.29) is 5.56 Å². The van der Waals surface area contributed by atoms with Gasteiger partial charge in [0.05, 0.1) is 5.02 Å². The number of aromatic amines is 1. The van der Waals surface area contributed by atoms with Crippen LogP contribution in [-0.2, 0) is 0 Å². The zero-order valence-corrected chi connectivity index (χ0v) is 10.8. The van der Waals surface area contributed by atoms with Gasteiger partial charge in [0, 0.05) is 22.7 Å². The van der Waals surface area contributed by atoms with Gasteiger partial charge in [-0.05, 0) is 12.1 Å². The summed E-state index contributed by atoms with van der Waals surface area (Å²) in [6, 6.07) is 5.23. The van der Waals surface area contributed by atoms with Crippen molar-refractivity contribution in [2.75, 3.05) is 0 Å². The molecule has 0 atom stereocenters. The normalized spacial score (nSPS) is 12.0. The van der Waals surface area contributed by atoms with Crippen LogP contribution in [0.2, 0.25) is 5.02 Å². The number of nitrogens with one attached hydrogen (secondary N) is 1. The van der Waals surface area contributed by atoms with Gasteiger partial charge in [-0.1, -0.05) is 52.5 Å². The fourth-order valence-corrected chi connectivity index (χ4v) is 2.05. The number of hydrogen-bond acceptors (Lipinski definition) is 1. The van der Waals surface area contributed by atoms with Gasteiger partial charge >= 0.3 is 0 Å². The molecule has 0 saturated heterocycles. The number of carbonyl (C=O) groups excluding carboxylic acids is 1. The molecule has 0 saturated carbocycles. The van der Waals surface area contributed by atoms with Crippen molar-refractivity contribution >= 4 is 63.1 Å². The molecule has 2 nitrogen and oxygen atoms in total. The SMILES string of the molecule is O=C(c1c[nH]c2cccc(Cl)c12)C(Cl)(Cl)Cl. The molecule has 0 radical (unpaired) electrons. The molecule has 0 amide bonds. The minimum absolute atomic E-state index is 0.278. The van der Waals surface area contributed by atoms with Crippen molar-refractivity contribution in [2.45, 2.75) is 3.79 Å². The van der Waals surface area contributed by atoms with Gasteiger partial charge in [0.15, 0.2) is 0 Å². The van der Waals surface area contributed by atoms with Crippen LogP contribution in [0.25, 0.3) is 10.9 Å². The number of rotatable bonds is 1. The highest BCUT2D eigenvalue weighted by Gasteiger charge is 2.33. The number of fused-ring (bicyclic) bond motifs is 1. The fourth-order valence-electron chi connectivity index (χ4n) is 1.47. The van der Waals surface area contributed by atoms with E-state index in [0.717, 1.165) is 5.52 Å². The lowest BCUT2D eigenvalue weighted by Crippen LogP contribution is -2.18. The van der Waals surface area contributed by atoms with Crippen molar-refractivity contribution in [1.29, 1.82) is 0 Å². The lowest BCUT2D eigenvalue weighted by atomic mass is 10.1. The van der Waals surface area contributed by atoms with Crippen LogP contribution in [0, 0.1) is 0 Å². The summed E-state index contributed by atoms with van der Waals surface area (Å²) in [7, 11) is 0. The summed E-state index contributed by atoms with van der Waals surface area (Å²) in [6.07, 6.45) is 1.49. The number of benzene rings is 1. The third-order valence-electron chi connectivity index (χ3n) is 2.16. The minimum Gasteiger partial charge on any atom is -0.360 e. The highest BCUT2D eigenvalue weighted by atomic mass is 35.6. The number of halogens is 4. The van der Waals surface area contributed by atoms with Gasteiger partial charge in [-0.2, -0.15) is 0 Å². The first kappa shape index (κ1) is 12.1. The number of H-pyrrole nitrogens is 1. The zero-order chi connectivity index (χ0) is 11.9. The molecule has 0 spiro atoms. The lowest BCUT2D eigenvalue weighted by molar-refractivity contribution is 0.0998. The van der Waals surface area contributed by atoms with E-state index in [0.29, 0.717) is 10.4 Å². The summed E-state index contributed by atoms with van der Waals surface area (Å²) in [6.45, 7) is 0. The third-order valence-corrected chi connectivity index (χ3v) is 2.99. The Hall–Kier alpha value is -0.410. The van der Waals surface area contributed by atoms with Crippen LogP contribution >= 0.6 is 46.4 Å². The summed E-state index contributed by atoms with van der Waals surface area (Å²) in [4.78, 5) is 14.7. The van der Waals surface area contributed by atoms with E-state index in [1.807, 2.05) is 0 Å². The van der Waals surface area contributed by atoms with Crippen molar-refractivity contribution in [3.8, 4) is 0 Å². The third kappa shape index (κ3) is 2.03. The highest BCUT2D eigenvalue weighted by molar-refractivity contribution is 6.77. The van der Waals surface area contributed by atoms with E-state index >= 15 is 0 Å². The molecule has 1 aromatic heterocycles. The maximum absolute atomic E-state index is 11.8. The van der Waals surface area contributed by atoms with Crippen molar-refractivity contribution in [3.05, 3.63) is 35.0 Å². The molecule has 0 unspecified atom stereocenters. The van der Waals surface area contributed by atoms with Crippen LogP contribution in [0.4, 0.5) is 0 Å². The Kier molecular flexibility index (Phi) is 3.10. The highest BCUT2D eigenvalue weighted by Crippen LogP contribution is 2.35. The van der Waals surface area contributed by atoms with Crippen LogP contribution in [0.3, 0.4) is 0 Å². The summed E-state index contributed by atoms with van der Waals surface area (Å²) in [5, 5.41) is 1.01. The van der Waals surface area contributed by atoms with Crippen molar-refractivity contribution < 1.29 is 4.79 Å². The molecular weight excluding hydrogens is 292 g/mol. The number of hydrogen-bond donors (Lipinski definition) is 1. The summed E-state index contributed by atoms with van der Waals surface area (Å²) in [5.74, 6) is -0.600.